The predicted molar refractivity (Wildman–Crippen MR) is 160 cm³/mol. The van der Waals surface area contributed by atoms with E-state index in [0.29, 0.717) is 56.8 Å². The number of nitrogens with one attached hydrogen (secondary N) is 1. The highest BCUT2D eigenvalue weighted by Gasteiger charge is 2.49. The highest BCUT2D eigenvalue weighted by Crippen LogP contribution is 2.50. The van der Waals surface area contributed by atoms with Crippen molar-refractivity contribution in [3.63, 3.8) is 0 Å². The zero-order chi connectivity index (χ0) is 29.8. The van der Waals surface area contributed by atoms with E-state index in [0.717, 1.165) is 12.0 Å². The molecule has 0 radical (unpaired) electrons. The van der Waals surface area contributed by atoms with Crippen molar-refractivity contribution < 1.29 is 23.9 Å². The summed E-state index contributed by atoms with van der Waals surface area (Å²) in [4.78, 5) is 39.4. The maximum atomic E-state index is 14.1. The molecule has 1 aromatic heterocycles. The van der Waals surface area contributed by atoms with Crippen LogP contribution < -0.4 is 33.0 Å². The molecule has 4 atom stereocenters. The number of thiophene rings is 1. The van der Waals surface area contributed by atoms with E-state index in [-0.39, 0.29) is 4.88 Å². The normalized spacial score (nSPS) is 23.1. The molecule has 11 heteroatoms. The maximum Gasteiger partial charge on any atom is 0.404 e. The van der Waals surface area contributed by atoms with Gasteiger partial charge >= 0.3 is 6.09 Å². The van der Waals surface area contributed by atoms with E-state index in [1.807, 2.05) is 43.3 Å². The molecule has 0 aliphatic heterocycles. The van der Waals surface area contributed by atoms with E-state index in [1.54, 1.807) is 24.3 Å². The number of ketones is 1. The average Bonchev–Trinajstić information content (AvgIpc) is 3.57. The quantitative estimate of drug-likeness (QED) is 0.209. The first kappa shape index (κ1) is 27.7. The van der Waals surface area contributed by atoms with Crippen LogP contribution in [0.3, 0.4) is 0 Å². The van der Waals surface area contributed by atoms with Gasteiger partial charge in [0.25, 0.3) is 5.91 Å². The Hall–Kier alpha value is -4.45. The van der Waals surface area contributed by atoms with Gasteiger partial charge in [-0.3, -0.25) is 9.59 Å². The highest BCUT2D eigenvalue weighted by molar-refractivity contribution is 7.21. The molecule has 0 saturated heterocycles. The van der Waals surface area contributed by atoms with Gasteiger partial charge in [-0.25, -0.2) is 4.79 Å². The summed E-state index contributed by atoms with van der Waals surface area (Å²) >= 11 is 1.17. The second-order valence-electron chi connectivity index (χ2n) is 10.8. The minimum absolute atomic E-state index is 0.278. The number of amides is 2. The number of ether oxygens (including phenoxy) is 2. The Morgan fingerprint density at radius 3 is 2.48 bits per heavy atom. The molecule has 9 N–H and O–H groups in total. The number of primary amides is 1. The SMILES string of the molecule is Cc1cc(Oc2ccccc2)ccc1C1(N)C(=O)C(N)c2c(C(=O)N[C@@H]3CCC[C@@H]3OC(N)=O)sc3c(N)ccc1c23. The van der Waals surface area contributed by atoms with Crippen LogP contribution >= 0.6 is 11.3 Å². The molecule has 4 aromatic rings. The van der Waals surface area contributed by atoms with Crippen molar-refractivity contribution in [3.8, 4) is 11.5 Å². The number of rotatable bonds is 6. The zero-order valence-corrected chi connectivity index (χ0v) is 23.7. The smallest absolute Gasteiger partial charge is 0.404 e. The molecular formula is C31H31N5O5S. The summed E-state index contributed by atoms with van der Waals surface area (Å²) in [6.45, 7) is 1.86. The first-order valence-electron chi connectivity index (χ1n) is 13.6. The number of para-hydroxylation sites is 1. The second-order valence-corrected chi connectivity index (χ2v) is 11.8. The molecule has 1 heterocycles. The monoisotopic (exact) mass is 585 g/mol. The Labute approximate surface area is 245 Å². The Morgan fingerprint density at radius 1 is 1.02 bits per heavy atom. The number of benzene rings is 3. The molecule has 2 unspecified atom stereocenters. The van der Waals surface area contributed by atoms with Gasteiger partial charge < -0.3 is 37.7 Å². The van der Waals surface area contributed by atoms with Gasteiger partial charge in [0, 0.05) is 16.6 Å². The van der Waals surface area contributed by atoms with Crippen LogP contribution in [0, 0.1) is 6.92 Å². The molecule has 2 aliphatic rings. The zero-order valence-electron chi connectivity index (χ0n) is 22.9. The van der Waals surface area contributed by atoms with E-state index >= 15 is 0 Å². The summed E-state index contributed by atoms with van der Waals surface area (Å²) in [7, 11) is 0. The number of nitrogens with two attached hydrogens (primary N) is 4. The van der Waals surface area contributed by atoms with Gasteiger partial charge in [-0.15, -0.1) is 11.3 Å². The summed E-state index contributed by atoms with van der Waals surface area (Å²) in [5, 5.41) is 3.57. The summed E-state index contributed by atoms with van der Waals surface area (Å²) in [5.74, 6) is 0.417. The Morgan fingerprint density at radius 2 is 1.76 bits per heavy atom. The molecule has 3 aromatic carbocycles. The molecule has 10 nitrogen and oxygen atoms in total. The van der Waals surface area contributed by atoms with E-state index in [4.69, 9.17) is 32.4 Å². The van der Waals surface area contributed by atoms with Crippen molar-refractivity contribution in [3.05, 3.63) is 87.8 Å². The van der Waals surface area contributed by atoms with E-state index in [9.17, 15) is 14.4 Å². The summed E-state index contributed by atoms with van der Waals surface area (Å²) in [6, 6.07) is 16.6. The summed E-state index contributed by atoms with van der Waals surface area (Å²) in [6.07, 6.45) is 0.560. The van der Waals surface area contributed by atoms with Crippen molar-refractivity contribution in [1.82, 2.24) is 5.32 Å². The number of carbonyl (C=O) groups excluding carboxylic acids is 3. The lowest BCUT2D eigenvalue weighted by atomic mass is 9.69. The standard InChI is InChI=1S/C31H31N5O5S/c1-15-14-17(40-16-6-3-2-4-7-16)10-11-18(15)31(35)19-12-13-20(32)26-23(19)24(25(33)28(31)37)27(42-26)29(38)36-21-8-5-9-22(21)41-30(34)39/h2-4,6-7,10-14,21-22,25H,5,8-9,32-33,35H2,1H3,(H2,34,39)(H,36,38)/t21-,22+,25?,31?/m1/s1. The largest absolute Gasteiger partial charge is 0.457 e. The molecule has 6 rings (SSSR count). The van der Waals surface area contributed by atoms with Gasteiger partial charge in [0.15, 0.2) is 5.78 Å². The topological polar surface area (TPSA) is 186 Å². The molecule has 2 aliphatic carbocycles. The lowest BCUT2D eigenvalue weighted by Crippen LogP contribution is -2.53. The number of carbonyl (C=O) groups is 3. The van der Waals surface area contributed by atoms with Crippen molar-refractivity contribution in [2.45, 2.75) is 49.9 Å². The van der Waals surface area contributed by atoms with E-state index in [1.165, 1.54) is 11.3 Å². The minimum atomic E-state index is -1.59. The second kappa shape index (κ2) is 10.4. The fourth-order valence-electron chi connectivity index (χ4n) is 6.21. The molecule has 0 bridgehead atoms. The van der Waals surface area contributed by atoms with Crippen LogP contribution in [0.4, 0.5) is 10.5 Å². The number of anilines is 1. The van der Waals surface area contributed by atoms with Crippen molar-refractivity contribution in [2.75, 3.05) is 5.73 Å². The Kier molecular flexibility index (Phi) is 6.88. The number of Topliss-reactive ketones (excluding diaryl/α,β-unsaturated/α-hetero) is 1. The Balaban J connectivity index is 1.41. The Bertz CT molecular complexity index is 1740. The van der Waals surface area contributed by atoms with Crippen LogP contribution in [0.1, 0.15) is 57.2 Å². The van der Waals surface area contributed by atoms with Crippen LogP contribution in [0.2, 0.25) is 0 Å². The molecule has 1 saturated carbocycles. The number of aryl methyl sites for hydroxylation is 1. The number of nitrogen functional groups attached to an aromatic ring is 1. The van der Waals surface area contributed by atoms with Crippen molar-refractivity contribution in [1.29, 1.82) is 0 Å². The third-order valence-corrected chi connectivity index (χ3v) is 9.41. The van der Waals surface area contributed by atoms with Gasteiger partial charge in [-0.2, -0.15) is 0 Å². The van der Waals surface area contributed by atoms with Crippen LogP contribution in [-0.4, -0.2) is 29.9 Å². The van der Waals surface area contributed by atoms with Gasteiger partial charge in [0.2, 0.25) is 0 Å². The third-order valence-electron chi connectivity index (χ3n) is 8.16. The fraction of sp³-hybridized carbons (Fsp3) is 0.258. The first-order chi connectivity index (χ1) is 20.1. The molecule has 216 valence electrons. The van der Waals surface area contributed by atoms with E-state index in [2.05, 4.69) is 5.32 Å². The van der Waals surface area contributed by atoms with Crippen LogP contribution in [0.5, 0.6) is 11.5 Å². The van der Waals surface area contributed by atoms with Crippen LogP contribution in [0.15, 0.2) is 60.7 Å². The van der Waals surface area contributed by atoms with Gasteiger partial charge in [-0.05, 0) is 73.2 Å². The molecular weight excluding hydrogens is 554 g/mol. The van der Waals surface area contributed by atoms with Crippen molar-refractivity contribution in [2.24, 2.45) is 17.2 Å². The first-order valence-corrected chi connectivity index (χ1v) is 14.5. The fourth-order valence-corrected chi connectivity index (χ4v) is 7.41. The molecule has 0 spiro atoms. The number of hydrogen-bond donors (Lipinski definition) is 5. The maximum absolute atomic E-state index is 14.1. The predicted octanol–water partition coefficient (Wildman–Crippen LogP) is 4.12. The number of hydrogen-bond acceptors (Lipinski definition) is 9. The van der Waals surface area contributed by atoms with Crippen LogP contribution in [-0.2, 0) is 15.1 Å². The van der Waals surface area contributed by atoms with Gasteiger partial charge in [0.05, 0.1) is 21.7 Å². The van der Waals surface area contributed by atoms with Gasteiger partial charge in [-0.1, -0.05) is 30.3 Å². The molecule has 2 amide bonds. The molecule has 42 heavy (non-hydrogen) atoms. The van der Waals surface area contributed by atoms with Gasteiger partial charge in [0.1, 0.15) is 23.1 Å². The van der Waals surface area contributed by atoms with Crippen molar-refractivity contribution >= 4 is 44.9 Å². The highest BCUT2D eigenvalue weighted by atomic mass is 32.1. The molecule has 1 fully saturated rings. The van der Waals surface area contributed by atoms with E-state index < -0.39 is 41.5 Å². The third kappa shape index (κ3) is 4.46. The summed E-state index contributed by atoms with van der Waals surface area (Å²) in [5.41, 5.74) is 26.4. The minimum Gasteiger partial charge on any atom is -0.457 e. The average molecular weight is 586 g/mol. The summed E-state index contributed by atoms with van der Waals surface area (Å²) < 4.78 is 11.8. The van der Waals surface area contributed by atoms with Crippen LogP contribution in [0.25, 0.3) is 10.1 Å². The lowest BCUT2D eigenvalue weighted by Gasteiger charge is -2.37. The lowest BCUT2D eigenvalue weighted by molar-refractivity contribution is -0.124.